The van der Waals surface area contributed by atoms with Gasteiger partial charge in [-0.3, -0.25) is 14.4 Å². The summed E-state index contributed by atoms with van der Waals surface area (Å²) in [6, 6.07) is 19.5. The third kappa shape index (κ3) is 3.00. The Balaban J connectivity index is 1.60. The highest BCUT2D eigenvalue weighted by Crippen LogP contribution is 2.48. The van der Waals surface area contributed by atoms with Crippen molar-refractivity contribution in [1.82, 2.24) is 9.47 Å². The van der Waals surface area contributed by atoms with Crippen LogP contribution in [-0.2, 0) is 12.0 Å². The van der Waals surface area contributed by atoms with Crippen LogP contribution in [0.2, 0.25) is 0 Å². The van der Waals surface area contributed by atoms with Gasteiger partial charge in [0.2, 0.25) is 5.78 Å². The Labute approximate surface area is 215 Å². The van der Waals surface area contributed by atoms with E-state index in [9.17, 15) is 14.4 Å². The number of benzene rings is 3. The number of ketones is 2. The van der Waals surface area contributed by atoms with Crippen molar-refractivity contribution in [1.29, 1.82) is 0 Å². The molecule has 5 heteroatoms. The van der Waals surface area contributed by atoms with Gasteiger partial charge in [-0.15, -0.1) is 0 Å². The molecule has 1 aliphatic carbocycles. The Morgan fingerprint density at radius 2 is 1.43 bits per heavy atom. The molecule has 1 amide bonds. The molecule has 0 N–H and O–H groups in total. The van der Waals surface area contributed by atoms with E-state index in [1.165, 1.54) is 0 Å². The molecule has 1 fully saturated rings. The molecule has 7 rings (SSSR count). The van der Waals surface area contributed by atoms with Gasteiger partial charge < -0.3 is 9.47 Å². The highest BCUT2D eigenvalue weighted by molar-refractivity contribution is 6.32. The smallest absolute Gasteiger partial charge is 0.256 e. The molecule has 4 aromatic rings. The van der Waals surface area contributed by atoms with Gasteiger partial charge in [0.25, 0.3) is 5.91 Å². The fourth-order valence-corrected chi connectivity index (χ4v) is 6.73. The molecule has 184 valence electrons. The van der Waals surface area contributed by atoms with E-state index in [2.05, 4.69) is 38.1 Å². The first-order valence-electron chi connectivity index (χ1n) is 13.2. The van der Waals surface area contributed by atoms with Crippen LogP contribution in [0.25, 0.3) is 22.0 Å². The number of likely N-dealkylation sites (tertiary alicyclic amines) is 1. The molecule has 3 aliphatic rings. The Kier molecular flexibility index (Phi) is 4.66. The van der Waals surface area contributed by atoms with Crippen LogP contribution in [0.3, 0.4) is 0 Å². The van der Waals surface area contributed by atoms with E-state index < -0.39 is 5.54 Å². The first-order valence-corrected chi connectivity index (χ1v) is 13.2. The number of carbonyl (C=O) groups is 3. The Morgan fingerprint density at radius 1 is 0.757 bits per heavy atom. The summed E-state index contributed by atoms with van der Waals surface area (Å²) in [6.07, 6.45) is 3.69. The lowest BCUT2D eigenvalue weighted by molar-refractivity contribution is 0.0721. The van der Waals surface area contributed by atoms with Gasteiger partial charge in [-0.1, -0.05) is 60.7 Å². The number of piperidine rings is 1. The lowest BCUT2D eigenvalue weighted by Gasteiger charge is -2.38. The average Bonchev–Trinajstić information content (AvgIpc) is 3.30. The van der Waals surface area contributed by atoms with Gasteiger partial charge in [-0.2, -0.15) is 0 Å². The zero-order valence-electron chi connectivity index (χ0n) is 21.1. The Hall–Kier alpha value is -3.99. The van der Waals surface area contributed by atoms with E-state index in [-0.39, 0.29) is 23.0 Å². The number of hydrogen-bond acceptors (Lipinski definition) is 3. The molecule has 2 aliphatic heterocycles. The van der Waals surface area contributed by atoms with Gasteiger partial charge in [0, 0.05) is 35.3 Å². The fraction of sp³-hybridized carbons (Fsp3) is 0.281. The van der Waals surface area contributed by atoms with Crippen molar-refractivity contribution in [2.24, 2.45) is 0 Å². The molecule has 3 aromatic carbocycles. The second kappa shape index (κ2) is 7.75. The minimum atomic E-state index is -0.515. The highest BCUT2D eigenvalue weighted by atomic mass is 16.2. The van der Waals surface area contributed by atoms with Gasteiger partial charge >= 0.3 is 0 Å². The summed E-state index contributed by atoms with van der Waals surface area (Å²) in [6.45, 7) is 5.56. The summed E-state index contributed by atoms with van der Waals surface area (Å²) >= 11 is 0. The molecule has 37 heavy (non-hydrogen) atoms. The summed E-state index contributed by atoms with van der Waals surface area (Å²) in [5.74, 6) is -0.547. The van der Waals surface area contributed by atoms with E-state index in [1.807, 2.05) is 21.6 Å². The van der Waals surface area contributed by atoms with Gasteiger partial charge in [-0.05, 0) is 55.9 Å². The van der Waals surface area contributed by atoms with Crippen LogP contribution >= 0.6 is 0 Å². The first kappa shape index (κ1) is 22.2. The second-order valence-corrected chi connectivity index (χ2v) is 11.1. The van der Waals surface area contributed by atoms with Crippen molar-refractivity contribution in [3.05, 3.63) is 94.2 Å². The molecule has 0 atom stereocenters. The third-order valence-corrected chi connectivity index (χ3v) is 8.40. The quantitative estimate of drug-likeness (QED) is 0.291. The number of rotatable bonds is 1. The minimum Gasteiger partial charge on any atom is -0.339 e. The Bertz CT molecular complexity index is 1670. The predicted octanol–water partition coefficient (Wildman–Crippen LogP) is 6.00. The number of amides is 1. The number of carbonyl (C=O) groups excluding carboxylic acids is 3. The van der Waals surface area contributed by atoms with Gasteiger partial charge in [0.15, 0.2) is 5.78 Å². The zero-order valence-corrected chi connectivity index (χ0v) is 21.1. The summed E-state index contributed by atoms with van der Waals surface area (Å²) in [5.41, 5.74) is 4.14. The molecule has 5 nitrogen and oxygen atoms in total. The molecule has 0 radical (unpaired) electrons. The summed E-state index contributed by atoms with van der Waals surface area (Å²) in [7, 11) is 0. The summed E-state index contributed by atoms with van der Waals surface area (Å²) in [4.78, 5) is 44.3. The lowest BCUT2D eigenvalue weighted by atomic mass is 9.82. The predicted molar refractivity (Wildman–Crippen MR) is 143 cm³/mol. The fourth-order valence-electron chi connectivity index (χ4n) is 6.73. The summed E-state index contributed by atoms with van der Waals surface area (Å²) < 4.78 is 2.02. The van der Waals surface area contributed by atoms with Crippen molar-refractivity contribution in [2.45, 2.75) is 45.1 Å². The van der Waals surface area contributed by atoms with Crippen LogP contribution in [0.5, 0.6) is 0 Å². The van der Waals surface area contributed by atoms with E-state index in [4.69, 9.17) is 0 Å². The maximum Gasteiger partial charge on any atom is 0.256 e. The van der Waals surface area contributed by atoms with Crippen molar-refractivity contribution in [3.63, 3.8) is 0 Å². The van der Waals surface area contributed by atoms with Gasteiger partial charge in [-0.25, -0.2) is 0 Å². The van der Waals surface area contributed by atoms with Crippen molar-refractivity contribution in [3.8, 4) is 11.3 Å². The van der Waals surface area contributed by atoms with E-state index in [0.717, 1.165) is 41.2 Å². The largest absolute Gasteiger partial charge is 0.339 e. The average molecular weight is 489 g/mol. The van der Waals surface area contributed by atoms with Gasteiger partial charge in [0.05, 0.1) is 16.8 Å². The molecule has 1 aromatic heterocycles. The molecule has 0 saturated carbocycles. The molecule has 0 spiro atoms. The molecular weight excluding hydrogens is 460 g/mol. The topological polar surface area (TPSA) is 59.4 Å². The summed E-state index contributed by atoms with van der Waals surface area (Å²) in [5, 5.41) is 2.29. The van der Waals surface area contributed by atoms with E-state index in [0.29, 0.717) is 47.6 Å². The van der Waals surface area contributed by atoms with Crippen LogP contribution in [0.1, 0.15) is 81.0 Å². The minimum absolute atomic E-state index is 0.137. The molecule has 1 saturated heterocycles. The maximum absolute atomic E-state index is 14.3. The normalized spacial score (nSPS) is 17.7. The number of nitrogens with zero attached hydrogens (tertiary/aromatic N) is 2. The second-order valence-electron chi connectivity index (χ2n) is 11.1. The molecular formula is C32H28N2O3. The zero-order chi connectivity index (χ0) is 25.5. The standard InChI is InChI=1S/C32H28N2O3/c1-32(2)18-24-20-11-5-4-10-19(20)14-15-21(24)27-26(31(37)33-16-8-3-9-17-33)25-28(34(27)32)30(36)23-13-7-6-12-22(23)29(25)35/h4-7,10-15H,3,8-9,16-18H2,1-2H3. The van der Waals surface area contributed by atoms with Crippen LogP contribution in [0.15, 0.2) is 60.7 Å². The monoisotopic (exact) mass is 488 g/mol. The Morgan fingerprint density at radius 3 is 2.19 bits per heavy atom. The number of fused-ring (bicyclic) bond motifs is 8. The van der Waals surface area contributed by atoms with Crippen molar-refractivity contribution < 1.29 is 14.4 Å². The van der Waals surface area contributed by atoms with Crippen LogP contribution in [0, 0.1) is 0 Å². The van der Waals surface area contributed by atoms with Crippen LogP contribution in [-0.4, -0.2) is 40.0 Å². The maximum atomic E-state index is 14.3. The molecule has 3 heterocycles. The highest BCUT2D eigenvalue weighted by Gasteiger charge is 2.46. The van der Waals surface area contributed by atoms with E-state index >= 15 is 0 Å². The lowest BCUT2D eigenvalue weighted by Crippen LogP contribution is -2.37. The van der Waals surface area contributed by atoms with E-state index in [1.54, 1.807) is 24.3 Å². The van der Waals surface area contributed by atoms with Crippen LogP contribution in [0.4, 0.5) is 0 Å². The third-order valence-electron chi connectivity index (χ3n) is 8.40. The first-order chi connectivity index (χ1) is 17.9. The number of aromatic nitrogens is 1. The van der Waals surface area contributed by atoms with Crippen molar-refractivity contribution >= 4 is 28.2 Å². The number of hydrogen-bond donors (Lipinski definition) is 0. The molecule has 0 unspecified atom stereocenters. The van der Waals surface area contributed by atoms with Crippen LogP contribution < -0.4 is 0 Å². The SMILES string of the molecule is CC1(C)Cc2c(ccc3ccccc23)-c2c(C(=O)N3CCCCC3)c3c(n21)C(=O)c1ccccc1C3=O. The molecule has 0 bridgehead atoms. The van der Waals surface area contributed by atoms with Crippen molar-refractivity contribution in [2.75, 3.05) is 13.1 Å². The van der Waals surface area contributed by atoms with Gasteiger partial charge in [0.1, 0.15) is 5.69 Å².